The van der Waals surface area contributed by atoms with Crippen LogP contribution >= 0.6 is 0 Å². The zero-order chi connectivity index (χ0) is 20.3. The van der Waals surface area contributed by atoms with E-state index < -0.39 is 0 Å². The maximum absolute atomic E-state index is 13.0. The van der Waals surface area contributed by atoms with Crippen LogP contribution in [0.15, 0.2) is 60.8 Å². The molecule has 0 radical (unpaired) electrons. The number of nitrogens with zero attached hydrogens (tertiary/aromatic N) is 4. The maximum atomic E-state index is 13.0. The fourth-order valence-electron chi connectivity index (χ4n) is 4.65. The first-order valence-corrected chi connectivity index (χ1v) is 11.0. The second-order valence-electron chi connectivity index (χ2n) is 8.30. The summed E-state index contributed by atoms with van der Waals surface area (Å²) in [6.07, 6.45) is 4.23. The fourth-order valence-corrected chi connectivity index (χ4v) is 4.65. The van der Waals surface area contributed by atoms with Gasteiger partial charge in [-0.1, -0.05) is 42.5 Å². The lowest BCUT2D eigenvalue weighted by Crippen LogP contribution is -2.48. The Morgan fingerprint density at radius 2 is 1.63 bits per heavy atom. The van der Waals surface area contributed by atoms with Gasteiger partial charge >= 0.3 is 0 Å². The molecule has 3 heterocycles. The van der Waals surface area contributed by atoms with E-state index >= 15 is 0 Å². The van der Waals surface area contributed by atoms with E-state index in [0.29, 0.717) is 5.69 Å². The Balaban J connectivity index is 1.22. The van der Waals surface area contributed by atoms with Crippen molar-refractivity contribution >= 4 is 22.4 Å². The van der Waals surface area contributed by atoms with Crippen molar-refractivity contribution < 1.29 is 4.79 Å². The SMILES string of the molecule is O=C(c1cc(N2CCCC2)ccn1)N1CCN(Cc2cccc3ccccc23)CC1. The number of hydrogen-bond acceptors (Lipinski definition) is 4. The molecular formula is C25H28N4O. The first kappa shape index (κ1) is 19.1. The molecule has 2 fully saturated rings. The van der Waals surface area contributed by atoms with Crippen molar-refractivity contribution in [1.29, 1.82) is 0 Å². The van der Waals surface area contributed by atoms with Crippen LogP contribution in [0, 0.1) is 0 Å². The zero-order valence-electron chi connectivity index (χ0n) is 17.3. The van der Waals surface area contributed by atoms with Crippen LogP contribution in [0.2, 0.25) is 0 Å². The van der Waals surface area contributed by atoms with E-state index in [0.717, 1.165) is 51.5 Å². The van der Waals surface area contributed by atoms with E-state index in [1.165, 1.54) is 29.2 Å². The van der Waals surface area contributed by atoms with Crippen molar-refractivity contribution in [3.8, 4) is 0 Å². The minimum atomic E-state index is 0.0563. The van der Waals surface area contributed by atoms with E-state index in [9.17, 15) is 4.79 Å². The van der Waals surface area contributed by atoms with Crippen molar-refractivity contribution in [2.24, 2.45) is 0 Å². The van der Waals surface area contributed by atoms with Gasteiger partial charge in [-0.05, 0) is 41.3 Å². The first-order valence-electron chi connectivity index (χ1n) is 11.0. The molecule has 30 heavy (non-hydrogen) atoms. The van der Waals surface area contributed by atoms with Gasteiger partial charge < -0.3 is 9.80 Å². The molecular weight excluding hydrogens is 372 g/mol. The highest BCUT2D eigenvalue weighted by Crippen LogP contribution is 2.22. The highest BCUT2D eigenvalue weighted by atomic mass is 16.2. The summed E-state index contributed by atoms with van der Waals surface area (Å²) in [5.74, 6) is 0.0563. The van der Waals surface area contributed by atoms with Crippen LogP contribution in [0.25, 0.3) is 10.8 Å². The third kappa shape index (κ3) is 3.90. The maximum Gasteiger partial charge on any atom is 0.272 e. The molecule has 0 unspecified atom stereocenters. The van der Waals surface area contributed by atoms with Gasteiger partial charge in [-0.25, -0.2) is 0 Å². The Morgan fingerprint density at radius 1 is 0.867 bits per heavy atom. The van der Waals surface area contributed by atoms with Gasteiger partial charge in [-0.2, -0.15) is 0 Å². The largest absolute Gasteiger partial charge is 0.371 e. The van der Waals surface area contributed by atoms with Crippen LogP contribution in [0.1, 0.15) is 28.9 Å². The van der Waals surface area contributed by atoms with Crippen LogP contribution in [-0.4, -0.2) is 60.0 Å². The highest BCUT2D eigenvalue weighted by molar-refractivity contribution is 5.93. The molecule has 2 saturated heterocycles. The third-order valence-electron chi connectivity index (χ3n) is 6.37. The van der Waals surface area contributed by atoms with Gasteiger partial charge in [0.25, 0.3) is 5.91 Å². The van der Waals surface area contributed by atoms with Crippen LogP contribution in [0.5, 0.6) is 0 Å². The zero-order valence-corrected chi connectivity index (χ0v) is 17.3. The normalized spacial score (nSPS) is 17.6. The number of benzene rings is 2. The van der Waals surface area contributed by atoms with E-state index in [2.05, 4.69) is 57.2 Å². The molecule has 0 saturated carbocycles. The van der Waals surface area contributed by atoms with Crippen LogP contribution < -0.4 is 4.90 Å². The lowest BCUT2D eigenvalue weighted by molar-refractivity contribution is 0.0623. The molecule has 5 heteroatoms. The van der Waals surface area contributed by atoms with Crippen molar-refractivity contribution in [3.05, 3.63) is 72.1 Å². The van der Waals surface area contributed by atoms with Crippen molar-refractivity contribution in [2.75, 3.05) is 44.2 Å². The van der Waals surface area contributed by atoms with Crippen LogP contribution in [0.3, 0.4) is 0 Å². The minimum Gasteiger partial charge on any atom is -0.371 e. The smallest absolute Gasteiger partial charge is 0.272 e. The predicted molar refractivity (Wildman–Crippen MR) is 121 cm³/mol. The number of amides is 1. The van der Waals surface area contributed by atoms with Gasteiger partial charge in [0.15, 0.2) is 0 Å². The summed E-state index contributed by atoms with van der Waals surface area (Å²) in [6.45, 7) is 6.35. The van der Waals surface area contributed by atoms with Crippen molar-refractivity contribution in [3.63, 3.8) is 0 Å². The van der Waals surface area contributed by atoms with Gasteiger partial charge in [0, 0.05) is 57.7 Å². The van der Waals surface area contributed by atoms with E-state index in [4.69, 9.17) is 0 Å². The number of piperazine rings is 1. The second-order valence-corrected chi connectivity index (χ2v) is 8.30. The number of anilines is 1. The second kappa shape index (κ2) is 8.44. The third-order valence-corrected chi connectivity index (χ3v) is 6.37. The number of pyridine rings is 1. The molecule has 2 aliphatic rings. The fraction of sp³-hybridized carbons (Fsp3) is 0.360. The molecule has 0 spiro atoms. The first-order chi connectivity index (χ1) is 14.8. The summed E-state index contributed by atoms with van der Waals surface area (Å²) in [7, 11) is 0. The predicted octanol–water partition coefficient (Wildman–Crippen LogP) is 3.79. The number of carbonyl (C=O) groups is 1. The molecule has 1 amide bonds. The average Bonchev–Trinajstić information content (AvgIpc) is 3.35. The minimum absolute atomic E-state index is 0.0563. The summed E-state index contributed by atoms with van der Waals surface area (Å²) < 4.78 is 0. The Kier molecular flexibility index (Phi) is 5.37. The molecule has 2 aliphatic heterocycles. The molecule has 5 rings (SSSR count). The molecule has 2 aromatic carbocycles. The molecule has 0 aliphatic carbocycles. The van der Waals surface area contributed by atoms with E-state index in [-0.39, 0.29) is 5.91 Å². The topological polar surface area (TPSA) is 39.7 Å². The molecule has 0 N–H and O–H groups in total. The Labute approximate surface area is 177 Å². The lowest BCUT2D eigenvalue weighted by atomic mass is 10.0. The van der Waals surface area contributed by atoms with E-state index in [1.807, 2.05) is 17.0 Å². The van der Waals surface area contributed by atoms with Gasteiger partial charge in [0.05, 0.1) is 0 Å². The lowest BCUT2D eigenvalue weighted by Gasteiger charge is -2.35. The summed E-state index contributed by atoms with van der Waals surface area (Å²) >= 11 is 0. The summed E-state index contributed by atoms with van der Waals surface area (Å²) in [5, 5.41) is 2.61. The molecule has 0 atom stereocenters. The van der Waals surface area contributed by atoms with E-state index in [1.54, 1.807) is 6.20 Å². The Bertz CT molecular complexity index is 1030. The number of fused-ring (bicyclic) bond motifs is 1. The monoisotopic (exact) mass is 400 g/mol. The molecule has 0 bridgehead atoms. The highest BCUT2D eigenvalue weighted by Gasteiger charge is 2.24. The molecule has 5 nitrogen and oxygen atoms in total. The van der Waals surface area contributed by atoms with Crippen molar-refractivity contribution in [2.45, 2.75) is 19.4 Å². The standard InChI is InChI=1S/C25H28N4O/c30-25(24-18-22(10-11-26-24)28-12-3-4-13-28)29-16-14-27(15-17-29)19-21-8-5-7-20-6-1-2-9-23(20)21/h1-2,5-11,18H,3-4,12-17,19H2. The molecule has 3 aromatic rings. The molecule has 1 aromatic heterocycles. The Hall–Kier alpha value is -2.92. The molecule has 154 valence electrons. The number of rotatable bonds is 4. The van der Waals surface area contributed by atoms with Gasteiger partial charge in [0.2, 0.25) is 0 Å². The van der Waals surface area contributed by atoms with Gasteiger partial charge in [0.1, 0.15) is 5.69 Å². The van der Waals surface area contributed by atoms with Gasteiger partial charge in [-0.3, -0.25) is 14.7 Å². The summed E-state index contributed by atoms with van der Waals surface area (Å²) in [4.78, 5) is 24.2. The van der Waals surface area contributed by atoms with Crippen LogP contribution in [0.4, 0.5) is 5.69 Å². The number of carbonyl (C=O) groups excluding carboxylic acids is 1. The van der Waals surface area contributed by atoms with Crippen LogP contribution in [-0.2, 0) is 6.54 Å². The van der Waals surface area contributed by atoms with Gasteiger partial charge in [-0.15, -0.1) is 0 Å². The average molecular weight is 401 g/mol. The Morgan fingerprint density at radius 3 is 2.47 bits per heavy atom. The number of aromatic nitrogens is 1. The summed E-state index contributed by atoms with van der Waals surface area (Å²) in [5.41, 5.74) is 3.05. The number of hydrogen-bond donors (Lipinski definition) is 0. The van der Waals surface area contributed by atoms with Crippen molar-refractivity contribution in [1.82, 2.24) is 14.8 Å². The quantitative estimate of drug-likeness (QED) is 0.668. The summed E-state index contributed by atoms with van der Waals surface area (Å²) in [6, 6.07) is 19.1.